The Kier molecular flexibility index (Phi) is 2.96. The van der Waals surface area contributed by atoms with E-state index in [9.17, 15) is 0 Å². The van der Waals surface area contributed by atoms with E-state index < -0.39 is 0 Å². The first-order valence-electron chi connectivity index (χ1n) is 3.92. The highest BCUT2D eigenvalue weighted by Gasteiger charge is 2.08. The van der Waals surface area contributed by atoms with Gasteiger partial charge in [0.2, 0.25) is 0 Å². The van der Waals surface area contributed by atoms with E-state index in [1.54, 1.807) is 11.3 Å². The van der Waals surface area contributed by atoms with Crippen LogP contribution in [-0.4, -0.2) is 0 Å². The van der Waals surface area contributed by atoms with Gasteiger partial charge in [-0.05, 0) is 40.3 Å². The first-order chi connectivity index (χ1) is 6.76. The van der Waals surface area contributed by atoms with Crippen molar-refractivity contribution in [3.05, 3.63) is 32.2 Å². The minimum Gasteiger partial charge on any atom is -0.192 e. The van der Waals surface area contributed by atoms with Crippen LogP contribution in [0.25, 0.3) is 10.1 Å². The van der Waals surface area contributed by atoms with E-state index in [4.69, 9.17) is 16.9 Å². The largest absolute Gasteiger partial charge is 0.192 e. The van der Waals surface area contributed by atoms with Gasteiger partial charge in [0.15, 0.2) is 0 Å². The zero-order valence-corrected chi connectivity index (χ0v) is 10.8. The summed E-state index contributed by atoms with van der Waals surface area (Å²) < 4.78 is 2.35. The molecule has 0 spiro atoms. The smallest absolute Gasteiger partial charge is 0.0992 e. The number of hydrogen-bond donors (Lipinski definition) is 0. The average molecular weight is 334 g/mol. The third-order valence-electron chi connectivity index (χ3n) is 1.99. The van der Waals surface area contributed by atoms with Crippen molar-refractivity contribution >= 4 is 55.6 Å². The highest BCUT2D eigenvalue weighted by atomic mass is 127. The second-order valence-corrected chi connectivity index (χ2v) is 5.18. The van der Waals surface area contributed by atoms with Crippen molar-refractivity contribution in [1.82, 2.24) is 0 Å². The van der Waals surface area contributed by atoms with Crippen LogP contribution in [0.15, 0.2) is 17.5 Å². The van der Waals surface area contributed by atoms with Gasteiger partial charge in [-0.2, -0.15) is 5.26 Å². The summed E-state index contributed by atoms with van der Waals surface area (Å²) in [5.41, 5.74) is 1.73. The number of halogens is 2. The summed E-state index contributed by atoms with van der Waals surface area (Å²) in [5, 5.41) is 12.1. The molecule has 0 aliphatic rings. The van der Waals surface area contributed by atoms with E-state index in [0.717, 1.165) is 10.3 Å². The molecule has 0 radical (unpaired) electrons. The Morgan fingerprint density at radius 1 is 1.50 bits per heavy atom. The van der Waals surface area contributed by atoms with Gasteiger partial charge in [-0.25, -0.2) is 0 Å². The van der Waals surface area contributed by atoms with Crippen LogP contribution in [0.1, 0.15) is 11.1 Å². The van der Waals surface area contributed by atoms with Crippen LogP contribution in [-0.2, 0) is 5.88 Å². The zero-order chi connectivity index (χ0) is 10.1. The zero-order valence-electron chi connectivity index (χ0n) is 7.05. The Balaban J connectivity index is 2.84. The topological polar surface area (TPSA) is 23.8 Å². The fraction of sp³-hybridized carbons (Fsp3) is 0.100. The minimum absolute atomic E-state index is 0.457. The van der Waals surface area contributed by atoms with Crippen molar-refractivity contribution in [2.45, 2.75) is 5.88 Å². The molecule has 0 saturated carbocycles. The van der Waals surface area contributed by atoms with Crippen LogP contribution in [0.3, 0.4) is 0 Å². The van der Waals surface area contributed by atoms with Crippen LogP contribution in [0.4, 0.5) is 0 Å². The van der Waals surface area contributed by atoms with Gasteiger partial charge in [0.25, 0.3) is 0 Å². The molecule has 14 heavy (non-hydrogen) atoms. The molecule has 1 nitrogen and oxygen atoms in total. The molecule has 0 aliphatic heterocycles. The summed E-state index contributed by atoms with van der Waals surface area (Å²) in [6.07, 6.45) is 0. The van der Waals surface area contributed by atoms with Crippen LogP contribution >= 0.6 is 45.5 Å². The summed E-state index contributed by atoms with van der Waals surface area (Å²) in [6, 6.07) is 5.93. The Hall–Kier alpha value is -0.310. The molecule has 4 heteroatoms. The predicted molar refractivity (Wildman–Crippen MR) is 68.8 cm³/mol. The Morgan fingerprint density at radius 3 is 2.93 bits per heavy atom. The molecule has 0 N–H and O–H groups in total. The average Bonchev–Trinajstić information content (AvgIpc) is 2.59. The molecule has 0 aliphatic carbocycles. The van der Waals surface area contributed by atoms with Gasteiger partial charge in [0.1, 0.15) is 0 Å². The van der Waals surface area contributed by atoms with Crippen molar-refractivity contribution in [1.29, 1.82) is 5.26 Å². The predicted octanol–water partition coefficient (Wildman–Crippen LogP) is 4.12. The number of nitriles is 1. The number of thiophene rings is 1. The summed E-state index contributed by atoms with van der Waals surface area (Å²) in [6.45, 7) is 0. The molecule has 0 fully saturated rings. The second-order valence-electron chi connectivity index (χ2n) is 2.84. The van der Waals surface area contributed by atoms with E-state index in [-0.39, 0.29) is 0 Å². The molecule has 0 bridgehead atoms. The molecule has 1 aromatic carbocycles. The minimum atomic E-state index is 0.457. The third-order valence-corrected chi connectivity index (χ3v) is 4.48. The molecule has 2 rings (SSSR count). The molecule has 2 aromatic rings. The summed E-state index contributed by atoms with van der Waals surface area (Å²) in [4.78, 5) is 0. The molecule has 0 amide bonds. The molecule has 0 saturated heterocycles. The Labute approximate surface area is 104 Å². The van der Waals surface area contributed by atoms with E-state index >= 15 is 0 Å². The van der Waals surface area contributed by atoms with E-state index in [2.05, 4.69) is 34.0 Å². The number of hydrogen-bond acceptors (Lipinski definition) is 2. The van der Waals surface area contributed by atoms with Gasteiger partial charge in [-0.3, -0.25) is 0 Å². The maximum absolute atomic E-state index is 8.83. The number of nitrogens with zero attached hydrogens (tertiary/aromatic N) is 1. The fourth-order valence-electron chi connectivity index (χ4n) is 1.38. The van der Waals surface area contributed by atoms with Gasteiger partial charge < -0.3 is 0 Å². The summed E-state index contributed by atoms with van der Waals surface area (Å²) in [7, 11) is 0. The molecule has 1 heterocycles. The maximum atomic E-state index is 8.83. The first kappa shape index (κ1) is 10.2. The van der Waals surface area contributed by atoms with Crippen molar-refractivity contribution in [2.75, 3.05) is 0 Å². The highest BCUT2D eigenvalue weighted by Crippen LogP contribution is 2.32. The monoisotopic (exact) mass is 333 g/mol. The van der Waals surface area contributed by atoms with E-state index in [1.807, 2.05) is 12.1 Å². The van der Waals surface area contributed by atoms with Gasteiger partial charge >= 0.3 is 0 Å². The lowest BCUT2D eigenvalue weighted by Crippen LogP contribution is -1.83. The van der Waals surface area contributed by atoms with Crippen LogP contribution < -0.4 is 0 Å². The van der Waals surface area contributed by atoms with Gasteiger partial charge in [0, 0.05) is 24.9 Å². The quantitative estimate of drug-likeness (QED) is 0.569. The highest BCUT2D eigenvalue weighted by molar-refractivity contribution is 14.1. The standard InChI is InChI=1S/C10H5ClINS/c11-3-7-1-6(4-13)2-9-10(7)8(12)5-14-9/h1-2,5H,3H2. The second kappa shape index (κ2) is 4.05. The summed E-state index contributed by atoms with van der Waals surface area (Å²) in [5.74, 6) is 0.457. The maximum Gasteiger partial charge on any atom is 0.0992 e. The van der Waals surface area contributed by atoms with E-state index in [1.165, 1.54) is 8.96 Å². The van der Waals surface area contributed by atoms with Crippen LogP contribution in [0.2, 0.25) is 0 Å². The lowest BCUT2D eigenvalue weighted by atomic mass is 10.1. The molecule has 0 unspecified atom stereocenters. The lowest BCUT2D eigenvalue weighted by molar-refractivity contribution is 1.42. The van der Waals surface area contributed by atoms with Crippen molar-refractivity contribution < 1.29 is 0 Å². The Bertz CT molecular complexity index is 527. The van der Waals surface area contributed by atoms with Crippen molar-refractivity contribution in [2.24, 2.45) is 0 Å². The van der Waals surface area contributed by atoms with Gasteiger partial charge in [0.05, 0.1) is 11.6 Å². The van der Waals surface area contributed by atoms with Gasteiger partial charge in [-0.15, -0.1) is 22.9 Å². The SMILES string of the molecule is N#Cc1cc(CCl)c2c(I)csc2c1. The van der Waals surface area contributed by atoms with Gasteiger partial charge in [-0.1, -0.05) is 0 Å². The lowest BCUT2D eigenvalue weighted by Gasteiger charge is -2.00. The molecular formula is C10H5ClINS. The molecule has 0 atom stereocenters. The van der Waals surface area contributed by atoms with Crippen molar-refractivity contribution in [3.63, 3.8) is 0 Å². The molecule has 70 valence electrons. The molecular weight excluding hydrogens is 329 g/mol. The number of benzene rings is 1. The van der Waals surface area contributed by atoms with E-state index in [0.29, 0.717) is 11.4 Å². The molecule has 1 aromatic heterocycles. The van der Waals surface area contributed by atoms with Crippen molar-refractivity contribution in [3.8, 4) is 6.07 Å². The number of fused-ring (bicyclic) bond motifs is 1. The van der Waals surface area contributed by atoms with Crippen LogP contribution in [0, 0.1) is 14.9 Å². The fourth-order valence-corrected chi connectivity index (χ4v) is 3.70. The number of alkyl halides is 1. The summed E-state index contributed by atoms with van der Waals surface area (Å²) >= 11 is 9.81. The normalized spacial score (nSPS) is 10.4. The number of rotatable bonds is 1. The Morgan fingerprint density at radius 2 is 2.29 bits per heavy atom. The third kappa shape index (κ3) is 1.62. The van der Waals surface area contributed by atoms with Crippen LogP contribution in [0.5, 0.6) is 0 Å². The first-order valence-corrected chi connectivity index (χ1v) is 6.41.